The van der Waals surface area contributed by atoms with Gasteiger partial charge in [0.05, 0.1) is 6.04 Å². The minimum absolute atomic E-state index is 0.358. The van der Waals surface area contributed by atoms with Crippen LogP contribution in [0.4, 0.5) is 4.79 Å². The highest BCUT2D eigenvalue weighted by atomic mass is 16.4. The zero-order chi connectivity index (χ0) is 16.0. The summed E-state index contributed by atoms with van der Waals surface area (Å²) in [6.45, 7) is 2.31. The second-order valence-corrected chi connectivity index (χ2v) is 4.67. The zero-order valence-electron chi connectivity index (χ0n) is 11.9. The minimum atomic E-state index is -1.27. The topological polar surface area (TPSA) is 107 Å². The predicted octanol–water partition coefficient (Wildman–Crippen LogP) is 1.24. The van der Waals surface area contributed by atoms with Crippen molar-refractivity contribution in [1.29, 1.82) is 0 Å². The predicted molar refractivity (Wildman–Crippen MR) is 75.0 cm³/mol. The number of urea groups is 1. The molecule has 0 saturated carbocycles. The lowest BCUT2D eigenvalue weighted by atomic mass is 10.0. The molecule has 1 rings (SSSR count). The van der Waals surface area contributed by atoms with E-state index < -0.39 is 31.1 Å². The maximum absolute atomic E-state index is 12.0. The number of carboxylic acids is 2. The Kier molecular flexibility index (Phi) is 5.71. The summed E-state index contributed by atoms with van der Waals surface area (Å²) in [6, 6.07) is 6.36. The Bertz CT molecular complexity index is 528. The van der Waals surface area contributed by atoms with E-state index in [4.69, 9.17) is 10.2 Å². The van der Waals surface area contributed by atoms with Crippen LogP contribution in [0.15, 0.2) is 24.3 Å². The largest absolute Gasteiger partial charge is 0.480 e. The number of amides is 2. The van der Waals surface area contributed by atoms with Gasteiger partial charge in [0.1, 0.15) is 13.1 Å². The molecular weight excluding hydrogens is 276 g/mol. The van der Waals surface area contributed by atoms with E-state index in [-0.39, 0.29) is 6.04 Å². The van der Waals surface area contributed by atoms with E-state index in [1.807, 2.05) is 31.2 Å². The number of nitrogens with one attached hydrogen (secondary N) is 1. The Morgan fingerprint density at radius 1 is 1.14 bits per heavy atom. The average molecular weight is 294 g/mol. The molecule has 0 spiro atoms. The van der Waals surface area contributed by atoms with Gasteiger partial charge in [0.15, 0.2) is 0 Å². The highest BCUT2D eigenvalue weighted by Crippen LogP contribution is 2.16. The number of aryl methyl sites for hydroxylation is 1. The van der Waals surface area contributed by atoms with Gasteiger partial charge in [-0.2, -0.15) is 0 Å². The van der Waals surface area contributed by atoms with Gasteiger partial charge in [0.2, 0.25) is 0 Å². The molecule has 2 amide bonds. The Morgan fingerprint density at radius 2 is 1.67 bits per heavy atom. The number of carboxylic acid groups (broad SMARTS) is 2. The van der Waals surface area contributed by atoms with Crippen LogP contribution in [0.25, 0.3) is 0 Å². The summed E-state index contributed by atoms with van der Waals surface area (Å²) in [4.78, 5) is 34.1. The van der Waals surface area contributed by atoms with Gasteiger partial charge in [-0.05, 0) is 25.0 Å². The average Bonchev–Trinajstić information content (AvgIpc) is 2.37. The molecule has 7 nitrogen and oxygen atoms in total. The maximum Gasteiger partial charge on any atom is 0.323 e. The van der Waals surface area contributed by atoms with Crippen LogP contribution in [-0.4, -0.2) is 46.2 Å². The van der Waals surface area contributed by atoms with Crippen molar-refractivity contribution in [3.63, 3.8) is 0 Å². The smallest absolute Gasteiger partial charge is 0.323 e. The maximum atomic E-state index is 12.0. The molecular formula is C14H18N2O5. The lowest BCUT2D eigenvalue weighted by Gasteiger charge is -2.23. The lowest BCUT2D eigenvalue weighted by Crippen LogP contribution is -2.46. The summed E-state index contributed by atoms with van der Waals surface area (Å²) < 4.78 is 0. The van der Waals surface area contributed by atoms with Gasteiger partial charge >= 0.3 is 18.0 Å². The number of rotatable bonds is 6. The zero-order valence-corrected chi connectivity index (χ0v) is 11.9. The van der Waals surface area contributed by atoms with Crippen LogP contribution in [0.5, 0.6) is 0 Å². The van der Waals surface area contributed by atoms with E-state index in [1.165, 1.54) is 0 Å². The Balaban J connectivity index is 2.78. The van der Waals surface area contributed by atoms with Crippen molar-refractivity contribution >= 4 is 18.0 Å². The van der Waals surface area contributed by atoms with E-state index in [1.54, 1.807) is 6.92 Å². The molecule has 0 aliphatic rings. The third kappa shape index (κ3) is 5.13. The van der Waals surface area contributed by atoms with Crippen molar-refractivity contribution in [1.82, 2.24) is 10.2 Å². The molecule has 1 aromatic rings. The molecule has 0 fully saturated rings. The van der Waals surface area contributed by atoms with Crippen LogP contribution in [0, 0.1) is 6.92 Å². The fraction of sp³-hybridized carbons (Fsp3) is 0.357. The molecule has 3 N–H and O–H groups in total. The molecule has 1 unspecified atom stereocenters. The summed E-state index contributed by atoms with van der Waals surface area (Å²) in [5, 5.41) is 20.1. The molecule has 21 heavy (non-hydrogen) atoms. The van der Waals surface area contributed by atoms with E-state index in [0.717, 1.165) is 16.0 Å². The third-order valence-corrected chi connectivity index (χ3v) is 2.93. The summed E-state index contributed by atoms with van der Waals surface area (Å²) >= 11 is 0. The quantitative estimate of drug-likeness (QED) is 0.731. The minimum Gasteiger partial charge on any atom is -0.480 e. The van der Waals surface area contributed by atoms with Crippen molar-refractivity contribution in [2.24, 2.45) is 0 Å². The first-order valence-electron chi connectivity index (χ1n) is 6.35. The highest BCUT2D eigenvalue weighted by Gasteiger charge is 2.21. The first kappa shape index (κ1) is 16.5. The number of carbonyl (C=O) groups excluding carboxylic acids is 1. The Labute approximate surface area is 122 Å². The van der Waals surface area contributed by atoms with E-state index >= 15 is 0 Å². The molecule has 0 radical (unpaired) electrons. The number of hydrogen-bond acceptors (Lipinski definition) is 3. The van der Waals surface area contributed by atoms with Gasteiger partial charge in [-0.3, -0.25) is 9.59 Å². The number of aliphatic carboxylic acids is 2. The molecule has 0 bridgehead atoms. The molecule has 7 heteroatoms. The van der Waals surface area contributed by atoms with Crippen molar-refractivity contribution in [2.45, 2.75) is 19.9 Å². The van der Waals surface area contributed by atoms with E-state index in [0.29, 0.717) is 0 Å². The lowest BCUT2D eigenvalue weighted by molar-refractivity contribution is -0.140. The Hall–Kier alpha value is -2.57. The van der Waals surface area contributed by atoms with Crippen molar-refractivity contribution in [3.8, 4) is 0 Å². The van der Waals surface area contributed by atoms with Crippen LogP contribution in [0.2, 0.25) is 0 Å². The fourth-order valence-electron chi connectivity index (χ4n) is 1.95. The monoisotopic (exact) mass is 294 g/mol. The standard InChI is InChI=1S/C14H18N2O5/c1-9-5-3-4-6-11(9)10(2)15-14(21)16(7-12(17)18)8-13(19)20/h3-6,10H,7-8H2,1-2H3,(H,15,21)(H,17,18)(H,19,20). The second kappa shape index (κ2) is 7.28. The normalized spacial score (nSPS) is 11.5. The summed E-state index contributed by atoms with van der Waals surface area (Å²) in [6.07, 6.45) is 0. The van der Waals surface area contributed by atoms with E-state index in [9.17, 15) is 14.4 Å². The van der Waals surface area contributed by atoms with Gasteiger partial charge < -0.3 is 20.4 Å². The highest BCUT2D eigenvalue weighted by molar-refractivity contribution is 5.84. The first-order chi connectivity index (χ1) is 9.81. The van der Waals surface area contributed by atoms with Gasteiger partial charge in [0, 0.05) is 0 Å². The molecule has 0 aliphatic carbocycles. The van der Waals surface area contributed by atoms with Gasteiger partial charge in [-0.1, -0.05) is 24.3 Å². The summed E-state index contributed by atoms with van der Waals surface area (Å²) in [5.41, 5.74) is 1.87. The summed E-state index contributed by atoms with van der Waals surface area (Å²) in [5.74, 6) is -2.54. The van der Waals surface area contributed by atoms with Crippen LogP contribution in [0.3, 0.4) is 0 Å². The molecule has 0 aliphatic heterocycles. The number of nitrogens with zero attached hydrogens (tertiary/aromatic N) is 1. The SMILES string of the molecule is Cc1ccccc1C(C)NC(=O)N(CC(=O)O)CC(=O)O. The van der Waals surface area contributed by atoms with Crippen LogP contribution in [-0.2, 0) is 9.59 Å². The van der Waals surface area contributed by atoms with Gasteiger partial charge in [0.25, 0.3) is 0 Å². The first-order valence-corrected chi connectivity index (χ1v) is 6.35. The molecule has 0 aromatic heterocycles. The summed E-state index contributed by atoms with van der Waals surface area (Å²) in [7, 11) is 0. The van der Waals surface area contributed by atoms with Crippen molar-refractivity contribution in [3.05, 3.63) is 35.4 Å². The molecule has 1 aromatic carbocycles. The molecule has 1 atom stereocenters. The van der Waals surface area contributed by atoms with E-state index in [2.05, 4.69) is 5.32 Å². The van der Waals surface area contributed by atoms with Crippen molar-refractivity contribution < 1.29 is 24.6 Å². The van der Waals surface area contributed by atoms with Gasteiger partial charge in [-0.15, -0.1) is 0 Å². The third-order valence-electron chi connectivity index (χ3n) is 2.93. The van der Waals surface area contributed by atoms with Crippen LogP contribution < -0.4 is 5.32 Å². The van der Waals surface area contributed by atoms with Crippen LogP contribution in [0.1, 0.15) is 24.1 Å². The molecule has 0 heterocycles. The fourth-order valence-corrected chi connectivity index (χ4v) is 1.95. The number of carbonyl (C=O) groups is 3. The number of hydrogen-bond donors (Lipinski definition) is 3. The number of benzene rings is 1. The Morgan fingerprint density at radius 3 is 2.14 bits per heavy atom. The second-order valence-electron chi connectivity index (χ2n) is 4.67. The van der Waals surface area contributed by atoms with Crippen LogP contribution >= 0.6 is 0 Å². The molecule has 114 valence electrons. The molecule has 0 saturated heterocycles. The van der Waals surface area contributed by atoms with Crippen molar-refractivity contribution in [2.75, 3.05) is 13.1 Å². The van der Waals surface area contributed by atoms with Gasteiger partial charge in [-0.25, -0.2) is 4.79 Å².